The highest BCUT2D eigenvalue weighted by Crippen LogP contribution is 2.30. The Morgan fingerprint density at radius 1 is 1.21 bits per heavy atom. The predicted molar refractivity (Wildman–Crippen MR) is 60.2 cm³/mol. The van der Waals surface area contributed by atoms with Crippen LogP contribution in [0.1, 0.15) is 39.0 Å². The van der Waals surface area contributed by atoms with Crippen molar-refractivity contribution in [2.24, 2.45) is 17.6 Å². The van der Waals surface area contributed by atoms with Gasteiger partial charge in [0.2, 0.25) is 0 Å². The van der Waals surface area contributed by atoms with Crippen molar-refractivity contribution in [3.05, 3.63) is 0 Å². The SMILES string of the molecule is CC1CCN(CC2CCCC2)C1CN. The molecule has 1 saturated heterocycles. The lowest BCUT2D eigenvalue weighted by Gasteiger charge is -2.28. The minimum absolute atomic E-state index is 0.676. The fourth-order valence-corrected chi connectivity index (χ4v) is 3.22. The standard InChI is InChI=1S/C12H24N2/c1-10-6-7-14(12(10)8-13)9-11-4-2-3-5-11/h10-12H,2-9,13H2,1H3. The molecule has 1 aliphatic heterocycles. The Bertz CT molecular complexity index is 175. The van der Waals surface area contributed by atoms with Gasteiger partial charge in [0.15, 0.2) is 0 Å². The summed E-state index contributed by atoms with van der Waals surface area (Å²) in [5.74, 6) is 1.80. The van der Waals surface area contributed by atoms with Gasteiger partial charge < -0.3 is 5.73 Å². The van der Waals surface area contributed by atoms with E-state index in [-0.39, 0.29) is 0 Å². The maximum absolute atomic E-state index is 5.85. The summed E-state index contributed by atoms with van der Waals surface area (Å²) < 4.78 is 0. The van der Waals surface area contributed by atoms with Crippen molar-refractivity contribution < 1.29 is 0 Å². The Balaban J connectivity index is 1.84. The van der Waals surface area contributed by atoms with Crippen molar-refractivity contribution in [1.82, 2.24) is 4.90 Å². The first kappa shape index (κ1) is 10.4. The monoisotopic (exact) mass is 196 g/mol. The van der Waals surface area contributed by atoms with Crippen LogP contribution in [-0.2, 0) is 0 Å². The van der Waals surface area contributed by atoms with Crippen molar-refractivity contribution in [1.29, 1.82) is 0 Å². The Morgan fingerprint density at radius 3 is 2.57 bits per heavy atom. The molecular formula is C12H24N2. The Hall–Kier alpha value is -0.0800. The molecule has 0 bridgehead atoms. The van der Waals surface area contributed by atoms with E-state index < -0.39 is 0 Å². The topological polar surface area (TPSA) is 29.3 Å². The molecule has 0 aromatic heterocycles. The third-order valence-corrected chi connectivity index (χ3v) is 4.21. The maximum atomic E-state index is 5.85. The van der Waals surface area contributed by atoms with Crippen molar-refractivity contribution in [2.75, 3.05) is 19.6 Å². The molecule has 2 N–H and O–H groups in total. The summed E-state index contributed by atoms with van der Waals surface area (Å²) in [6.45, 7) is 5.83. The van der Waals surface area contributed by atoms with E-state index in [9.17, 15) is 0 Å². The molecule has 2 rings (SSSR count). The molecule has 2 fully saturated rings. The van der Waals surface area contributed by atoms with Crippen LogP contribution in [-0.4, -0.2) is 30.6 Å². The van der Waals surface area contributed by atoms with Crippen molar-refractivity contribution >= 4 is 0 Å². The number of hydrogen-bond acceptors (Lipinski definition) is 2. The Kier molecular flexibility index (Phi) is 3.45. The minimum atomic E-state index is 0.676. The van der Waals surface area contributed by atoms with Gasteiger partial charge in [-0.25, -0.2) is 0 Å². The first-order chi connectivity index (χ1) is 6.81. The van der Waals surface area contributed by atoms with E-state index in [0.717, 1.165) is 18.4 Å². The number of hydrogen-bond donors (Lipinski definition) is 1. The van der Waals surface area contributed by atoms with E-state index in [1.165, 1.54) is 45.2 Å². The molecule has 1 aliphatic carbocycles. The molecule has 1 heterocycles. The van der Waals surface area contributed by atoms with Crippen LogP contribution < -0.4 is 5.73 Å². The third-order valence-electron chi connectivity index (χ3n) is 4.21. The molecule has 2 atom stereocenters. The second-order valence-corrected chi connectivity index (χ2v) is 5.21. The highest BCUT2D eigenvalue weighted by molar-refractivity contribution is 4.87. The lowest BCUT2D eigenvalue weighted by atomic mass is 10.0. The van der Waals surface area contributed by atoms with E-state index in [4.69, 9.17) is 5.73 Å². The van der Waals surface area contributed by atoms with E-state index in [0.29, 0.717) is 6.04 Å². The van der Waals surface area contributed by atoms with Gasteiger partial charge in [-0.05, 0) is 37.6 Å². The second kappa shape index (κ2) is 4.63. The summed E-state index contributed by atoms with van der Waals surface area (Å²) in [5.41, 5.74) is 5.85. The fraction of sp³-hybridized carbons (Fsp3) is 1.00. The molecule has 2 unspecified atom stereocenters. The third kappa shape index (κ3) is 2.12. The molecule has 2 heteroatoms. The average Bonchev–Trinajstić information content (AvgIpc) is 2.77. The van der Waals surface area contributed by atoms with Crippen LogP contribution in [0.3, 0.4) is 0 Å². The van der Waals surface area contributed by atoms with Crippen molar-refractivity contribution in [2.45, 2.75) is 45.1 Å². The second-order valence-electron chi connectivity index (χ2n) is 5.21. The average molecular weight is 196 g/mol. The quantitative estimate of drug-likeness (QED) is 0.746. The highest BCUT2D eigenvalue weighted by Gasteiger charge is 2.31. The smallest absolute Gasteiger partial charge is 0.0244 e. The molecule has 0 amide bonds. The molecule has 0 aromatic carbocycles. The van der Waals surface area contributed by atoms with Crippen LogP contribution >= 0.6 is 0 Å². The zero-order chi connectivity index (χ0) is 9.97. The van der Waals surface area contributed by atoms with Gasteiger partial charge in [0.25, 0.3) is 0 Å². The maximum Gasteiger partial charge on any atom is 0.0244 e. The molecule has 2 aliphatic rings. The van der Waals surface area contributed by atoms with Crippen LogP contribution in [0.25, 0.3) is 0 Å². The van der Waals surface area contributed by atoms with Crippen LogP contribution in [0.4, 0.5) is 0 Å². The number of rotatable bonds is 3. The van der Waals surface area contributed by atoms with E-state index in [1.54, 1.807) is 0 Å². The first-order valence-corrected chi connectivity index (χ1v) is 6.25. The van der Waals surface area contributed by atoms with Gasteiger partial charge in [0.05, 0.1) is 0 Å². The minimum Gasteiger partial charge on any atom is -0.329 e. The van der Waals surface area contributed by atoms with Gasteiger partial charge in [-0.15, -0.1) is 0 Å². The summed E-state index contributed by atoms with van der Waals surface area (Å²) in [4.78, 5) is 2.65. The first-order valence-electron chi connectivity index (χ1n) is 6.25. The van der Waals surface area contributed by atoms with E-state index >= 15 is 0 Å². The fourth-order valence-electron chi connectivity index (χ4n) is 3.22. The molecular weight excluding hydrogens is 172 g/mol. The predicted octanol–water partition coefficient (Wildman–Crippen LogP) is 1.85. The van der Waals surface area contributed by atoms with Gasteiger partial charge in [-0.3, -0.25) is 4.90 Å². The number of nitrogens with two attached hydrogens (primary N) is 1. The zero-order valence-electron chi connectivity index (χ0n) is 9.41. The molecule has 0 radical (unpaired) electrons. The van der Waals surface area contributed by atoms with Crippen LogP contribution in [0, 0.1) is 11.8 Å². The summed E-state index contributed by atoms with van der Waals surface area (Å²) >= 11 is 0. The van der Waals surface area contributed by atoms with E-state index in [1.807, 2.05) is 0 Å². The summed E-state index contributed by atoms with van der Waals surface area (Å²) in [7, 11) is 0. The van der Waals surface area contributed by atoms with Gasteiger partial charge in [0.1, 0.15) is 0 Å². The van der Waals surface area contributed by atoms with Gasteiger partial charge in [-0.2, -0.15) is 0 Å². The largest absolute Gasteiger partial charge is 0.329 e. The van der Waals surface area contributed by atoms with Crippen LogP contribution in [0.2, 0.25) is 0 Å². The van der Waals surface area contributed by atoms with Gasteiger partial charge in [0, 0.05) is 19.1 Å². The molecule has 14 heavy (non-hydrogen) atoms. The summed E-state index contributed by atoms with van der Waals surface area (Å²) in [6.07, 6.45) is 7.20. The Labute approximate surface area is 87.8 Å². The number of likely N-dealkylation sites (tertiary alicyclic amines) is 1. The van der Waals surface area contributed by atoms with Gasteiger partial charge >= 0.3 is 0 Å². The van der Waals surface area contributed by atoms with E-state index in [2.05, 4.69) is 11.8 Å². The summed E-state index contributed by atoms with van der Waals surface area (Å²) in [6, 6.07) is 0.676. The van der Waals surface area contributed by atoms with Crippen molar-refractivity contribution in [3.63, 3.8) is 0 Å². The van der Waals surface area contributed by atoms with Crippen LogP contribution in [0.15, 0.2) is 0 Å². The summed E-state index contributed by atoms with van der Waals surface area (Å²) in [5, 5.41) is 0. The molecule has 0 spiro atoms. The van der Waals surface area contributed by atoms with Crippen molar-refractivity contribution in [3.8, 4) is 0 Å². The lowest BCUT2D eigenvalue weighted by molar-refractivity contribution is 0.202. The number of nitrogens with zero attached hydrogens (tertiary/aromatic N) is 1. The zero-order valence-corrected chi connectivity index (χ0v) is 9.41. The Morgan fingerprint density at radius 2 is 1.93 bits per heavy atom. The lowest BCUT2D eigenvalue weighted by Crippen LogP contribution is -2.40. The molecule has 1 saturated carbocycles. The van der Waals surface area contributed by atoms with Gasteiger partial charge in [-0.1, -0.05) is 19.8 Å². The highest BCUT2D eigenvalue weighted by atomic mass is 15.2. The molecule has 0 aromatic rings. The molecule has 82 valence electrons. The normalized spacial score (nSPS) is 35.6. The van der Waals surface area contributed by atoms with Crippen LogP contribution in [0.5, 0.6) is 0 Å². The molecule has 2 nitrogen and oxygen atoms in total.